The Labute approximate surface area is 576 Å². The van der Waals surface area contributed by atoms with Crippen LogP contribution in [0, 0.1) is 68.2 Å². The van der Waals surface area contributed by atoms with E-state index in [9.17, 15) is 0 Å². The molecular weight excluding hydrogens is 1520 g/mol. The minimum atomic E-state index is -1.34. The molecule has 3 aromatic carbocycles. The average molecular weight is 1610 g/mol. The van der Waals surface area contributed by atoms with Gasteiger partial charge in [0.05, 0.1) is 21.7 Å². The molecule has 2 radical (unpaired) electrons. The van der Waals surface area contributed by atoms with Crippen molar-refractivity contribution in [2.75, 3.05) is 0 Å². The van der Waals surface area contributed by atoms with Gasteiger partial charge < -0.3 is 23.8 Å². The van der Waals surface area contributed by atoms with Gasteiger partial charge in [0, 0.05) is 82.1 Å². The van der Waals surface area contributed by atoms with Gasteiger partial charge in [0.1, 0.15) is 0 Å². The number of fused-ring (bicyclic) bond motifs is 6. The Morgan fingerprint density at radius 1 is 0.435 bits per heavy atom. The van der Waals surface area contributed by atoms with E-state index in [1.165, 1.54) is 43.8 Å². The third kappa shape index (κ3) is 18.9. The van der Waals surface area contributed by atoms with E-state index in [4.69, 9.17) is 8.83 Å². The van der Waals surface area contributed by atoms with E-state index in [-0.39, 0.29) is 45.6 Å². The predicted octanol–water partition coefficient (Wildman–Crippen LogP) is 19.4. The van der Waals surface area contributed by atoms with Gasteiger partial charge in [-0.2, -0.15) is 0 Å². The van der Waals surface area contributed by atoms with Crippen LogP contribution in [-0.4, -0.2) is 51.0 Å². The summed E-state index contributed by atoms with van der Waals surface area (Å²) in [6.07, 6.45) is 16.0. The standard InChI is InChI=1S/C22H21N2O.C21H20N3O.2C18H24NSi.2Ir/c1-14-12-23-19(10-15(14)11-22(2,3)4)16-9-18-17-7-5-6-8-20(17)25-21(18)24-13-16;1-12(2)7-15-9-19(22-10-13(15)3)16-8-18-17-6-5-14(4)24-21(17)25-20(18)23-11-16;2*1-14(2)11-16-12-17(15-9-7-6-8-10-15)19-13-18(16)20(3,4)5;;/h5-8,10,12-13H,11H2,1-4H3;5-6,9-12H,7H2,1-4H3;2*6-9,12-14H,11H2,1-5H3;;/q4*-1;;. The number of rotatable bonds is 13. The van der Waals surface area contributed by atoms with Crippen LogP contribution < -0.4 is 10.4 Å². The smallest absolute Gasteiger partial charge is 0.185 e. The molecular formula is C79H89Ir2N7O2Si2-4. The number of pyridine rings is 7. The van der Waals surface area contributed by atoms with Crippen LogP contribution in [0.25, 0.3) is 89.3 Å². The maximum atomic E-state index is 5.79. The molecule has 0 bridgehead atoms. The molecule has 92 heavy (non-hydrogen) atoms. The minimum Gasteiger partial charge on any atom is -0.482 e. The Morgan fingerprint density at radius 3 is 1.34 bits per heavy atom. The number of hydrogen-bond acceptors (Lipinski definition) is 9. The summed E-state index contributed by atoms with van der Waals surface area (Å²) in [5.41, 5.74) is 19.6. The number of furan rings is 2. The number of aryl methyl sites for hydroxylation is 3. The fraction of sp³-hybridized carbons (Fsp3) is 0.329. The van der Waals surface area contributed by atoms with Gasteiger partial charge in [-0.3, -0.25) is 15.0 Å². The summed E-state index contributed by atoms with van der Waals surface area (Å²) in [4.78, 5) is 31.9. The second-order valence-corrected chi connectivity index (χ2v) is 38.6. The zero-order valence-corrected chi connectivity index (χ0v) is 63.8. The van der Waals surface area contributed by atoms with Crippen molar-refractivity contribution in [2.45, 2.75) is 148 Å². The Hall–Kier alpha value is -6.96. The van der Waals surface area contributed by atoms with Crippen molar-refractivity contribution in [1.82, 2.24) is 34.9 Å². The van der Waals surface area contributed by atoms with E-state index >= 15 is 0 Å². The second-order valence-electron chi connectivity index (χ2n) is 28.5. The first-order chi connectivity index (χ1) is 42.7. The van der Waals surface area contributed by atoms with Gasteiger partial charge in [0.25, 0.3) is 0 Å². The van der Waals surface area contributed by atoms with E-state index in [1.807, 2.05) is 92.1 Å². The Bertz CT molecular complexity index is 4300. The fourth-order valence-electron chi connectivity index (χ4n) is 11.2. The molecule has 0 amide bonds. The number of nitrogens with zero attached hydrogens (tertiary/aromatic N) is 7. The summed E-state index contributed by atoms with van der Waals surface area (Å²) in [6.45, 7) is 40.9. The van der Waals surface area contributed by atoms with Crippen LogP contribution in [0.15, 0.2) is 155 Å². The van der Waals surface area contributed by atoms with Crippen LogP contribution in [0.5, 0.6) is 0 Å². The van der Waals surface area contributed by atoms with E-state index in [1.54, 1.807) is 12.4 Å². The third-order valence-electron chi connectivity index (χ3n) is 15.5. The van der Waals surface area contributed by atoms with Crippen molar-refractivity contribution < 1.29 is 49.0 Å². The number of benzene rings is 3. The number of hydrogen-bond donors (Lipinski definition) is 0. The topological polar surface area (TPSA) is 117 Å². The molecule has 9 aromatic heterocycles. The number of aromatic nitrogens is 7. The van der Waals surface area contributed by atoms with Gasteiger partial charge in [0.15, 0.2) is 17.1 Å². The molecule has 9 nitrogen and oxygen atoms in total. The summed E-state index contributed by atoms with van der Waals surface area (Å²) < 4.78 is 11.5. The summed E-state index contributed by atoms with van der Waals surface area (Å²) in [5, 5.41) is 6.72. The first kappa shape index (κ1) is 72.5. The van der Waals surface area contributed by atoms with E-state index in [2.05, 4.69) is 223 Å². The second kappa shape index (κ2) is 31.3. The fourth-order valence-corrected chi connectivity index (χ4v) is 14.3. The van der Waals surface area contributed by atoms with Crippen LogP contribution in [-0.2, 0) is 65.9 Å². The van der Waals surface area contributed by atoms with E-state index in [0.29, 0.717) is 34.9 Å². The van der Waals surface area contributed by atoms with Gasteiger partial charge in [0.2, 0.25) is 0 Å². The quantitative estimate of drug-likeness (QED) is 0.0822. The first-order valence-electron chi connectivity index (χ1n) is 31.8. The van der Waals surface area contributed by atoms with Crippen LogP contribution in [0.2, 0.25) is 39.3 Å². The molecule has 0 fully saturated rings. The third-order valence-corrected chi connectivity index (χ3v) is 19.7. The Kier molecular flexibility index (Phi) is 24.7. The minimum absolute atomic E-state index is 0. The molecule has 9 heterocycles. The summed E-state index contributed by atoms with van der Waals surface area (Å²) in [7, 11) is -2.68. The normalized spacial score (nSPS) is 11.7. The van der Waals surface area contributed by atoms with E-state index < -0.39 is 16.1 Å². The maximum absolute atomic E-state index is 5.79. The first-order valence-corrected chi connectivity index (χ1v) is 38.8. The van der Waals surface area contributed by atoms with Gasteiger partial charge in [-0.05, 0) is 154 Å². The number of para-hydroxylation sites is 1. The van der Waals surface area contributed by atoms with Crippen molar-refractivity contribution in [3.05, 3.63) is 210 Å². The SMILES string of the molecule is CC(C)Cc1cc(-c2[c-]cccc2)ncc1[Si](C)(C)C.CC(C)Cc1cc(-c2[c-]cccc2)ncc1[Si](C)(C)C.Cc1ccc2c(n1)oc1ncc(-c3cc(CC(C)C)c(C)cn3)[c-]c12.Cc1cnc(-c2[c-]c3c(nc2)oc2ccccc23)cc1CC(C)(C)C.[Ir].[Ir]. The van der Waals surface area contributed by atoms with Crippen LogP contribution in [0.4, 0.5) is 0 Å². The molecule has 0 atom stereocenters. The Balaban J connectivity index is 0.000000174. The molecule has 0 saturated carbocycles. The van der Waals surface area contributed by atoms with Crippen molar-refractivity contribution in [1.29, 1.82) is 0 Å². The monoisotopic (exact) mass is 1610 g/mol. The van der Waals surface area contributed by atoms with Crippen LogP contribution in [0.3, 0.4) is 0 Å². The van der Waals surface area contributed by atoms with Crippen LogP contribution >= 0.6 is 0 Å². The molecule has 0 saturated heterocycles. The van der Waals surface area contributed by atoms with E-state index in [0.717, 1.165) is 104 Å². The molecule has 0 aliphatic carbocycles. The summed E-state index contributed by atoms with van der Waals surface area (Å²) in [6, 6.07) is 50.4. The molecule has 482 valence electrons. The zero-order valence-electron chi connectivity index (χ0n) is 57.0. The average Bonchev–Trinajstić information content (AvgIpc) is 1.61. The maximum Gasteiger partial charge on any atom is 0.185 e. The molecule has 0 unspecified atom stereocenters. The van der Waals surface area contributed by atoms with Crippen molar-refractivity contribution >= 4 is 70.8 Å². The molecule has 0 aliphatic rings. The molecule has 12 aromatic rings. The predicted molar refractivity (Wildman–Crippen MR) is 381 cm³/mol. The summed E-state index contributed by atoms with van der Waals surface area (Å²) >= 11 is 0. The van der Waals surface area contributed by atoms with Gasteiger partial charge in [-0.15, -0.1) is 83.9 Å². The molecule has 0 aliphatic heterocycles. The van der Waals surface area contributed by atoms with Gasteiger partial charge >= 0.3 is 0 Å². The molecule has 13 heteroatoms. The van der Waals surface area contributed by atoms with Crippen LogP contribution in [0.1, 0.15) is 101 Å². The van der Waals surface area contributed by atoms with Crippen molar-refractivity contribution in [3.63, 3.8) is 0 Å². The Morgan fingerprint density at radius 2 is 0.859 bits per heavy atom. The van der Waals surface area contributed by atoms with Crippen molar-refractivity contribution in [3.8, 4) is 45.0 Å². The van der Waals surface area contributed by atoms with Gasteiger partial charge in [-0.25, -0.2) is 4.98 Å². The molecule has 12 rings (SSSR count). The largest absolute Gasteiger partial charge is 0.482 e. The van der Waals surface area contributed by atoms with Crippen molar-refractivity contribution in [2.24, 2.45) is 23.2 Å². The van der Waals surface area contributed by atoms with Gasteiger partial charge in [-0.1, -0.05) is 178 Å². The zero-order chi connectivity index (χ0) is 64.7. The molecule has 0 spiro atoms. The summed E-state index contributed by atoms with van der Waals surface area (Å²) in [5.74, 6) is 1.94. The molecule has 0 N–H and O–H groups in total.